The fourth-order valence-corrected chi connectivity index (χ4v) is 4.04. The highest BCUT2D eigenvalue weighted by molar-refractivity contribution is 5.86. The Hall–Kier alpha value is -4.35. The molecule has 0 aliphatic heterocycles. The van der Waals surface area contributed by atoms with Crippen LogP contribution < -0.4 is 0 Å². The third-order valence-corrected chi connectivity index (χ3v) is 7.04. The molecular formula is C37H50O11. The van der Waals surface area contributed by atoms with Crippen molar-refractivity contribution in [3.05, 3.63) is 95.5 Å². The van der Waals surface area contributed by atoms with Gasteiger partial charge >= 0.3 is 18.1 Å². The average molecular weight is 671 g/mol. The maximum atomic E-state index is 12.6. The van der Waals surface area contributed by atoms with Gasteiger partial charge in [-0.15, -0.1) is 0 Å². The van der Waals surface area contributed by atoms with E-state index in [1.165, 1.54) is 38.8 Å². The van der Waals surface area contributed by atoms with Crippen molar-refractivity contribution in [3.63, 3.8) is 0 Å². The van der Waals surface area contributed by atoms with Gasteiger partial charge in [-0.1, -0.05) is 76.2 Å². The highest BCUT2D eigenvalue weighted by Crippen LogP contribution is 2.30. The van der Waals surface area contributed by atoms with E-state index >= 15 is 0 Å². The number of ether oxygens (including phenoxy) is 4. The summed E-state index contributed by atoms with van der Waals surface area (Å²) in [5.41, 5.74) is 2.08. The number of carbonyl (C=O) groups excluding carboxylic acids is 3. The van der Waals surface area contributed by atoms with Crippen LogP contribution >= 0.6 is 0 Å². The number of rotatable bonds is 16. The Kier molecular flexibility index (Phi) is 13.0. The zero-order chi connectivity index (χ0) is 36.7. The van der Waals surface area contributed by atoms with E-state index in [2.05, 4.69) is 40.9 Å². The van der Waals surface area contributed by atoms with Crippen LogP contribution in [0.5, 0.6) is 0 Å². The zero-order valence-electron chi connectivity index (χ0n) is 30.2. The summed E-state index contributed by atoms with van der Waals surface area (Å²) >= 11 is 0. The van der Waals surface area contributed by atoms with E-state index in [4.69, 9.17) is 38.5 Å². The first-order valence-corrected chi connectivity index (χ1v) is 15.6. The summed E-state index contributed by atoms with van der Waals surface area (Å²) in [4.78, 5) is 59.0. The van der Waals surface area contributed by atoms with Gasteiger partial charge in [0.25, 0.3) is 11.6 Å². The summed E-state index contributed by atoms with van der Waals surface area (Å²) in [5.74, 6) is -6.04. The minimum atomic E-state index is -1.84. The van der Waals surface area contributed by atoms with E-state index in [-0.39, 0.29) is 0 Å². The van der Waals surface area contributed by atoms with Crippen molar-refractivity contribution in [2.75, 3.05) is 0 Å². The summed E-state index contributed by atoms with van der Waals surface area (Å²) in [6, 6.07) is 15.6. The Bertz CT molecular complexity index is 1340. The highest BCUT2D eigenvalue weighted by atomic mass is 17.2. The molecule has 0 aromatic heterocycles. The minimum absolute atomic E-state index is 0.370. The molecule has 0 spiro atoms. The monoisotopic (exact) mass is 670 g/mol. The molecule has 0 bridgehead atoms. The Balaban J connectivity index is 1.86. The average Bonchev–Trinajstić information content (AvgIpc) is 2.97. The molecule has 0 saturated heterocycles. The van der Waals surface area contributed by atoms with Gasteiger partial charge in [-0.25, -0.2) is 14.4 Å². The molecule has 0 unspecified atom stereocenters. The van der Waals surface area contributed by atoms with Crippen molar-refractivity contribution < 1.29 is 52.9 Å². The Morgan fingerprint density at radius 3 is 1.08 bits per heavy atom. The van der Waals surface area contributed by atoms with Crippen LogP contribution in [0.2, 0.25) is 0 Å². The van der Waals surface area contributed by atoms with E-state index in [0.717, 1.165) is 11.1 Å². The van der Waals surface area contributed by atoms with Gasteiger partial charge in [-0.05, 0) is 74.9 Å². The topological polar surface area (TPSA) is 125 Å². The summed E-state index contributed by atoms with van der Waals surface area (Å²) in [7, 11) is 0. The molecule has 0 aliphatic carbocycles. The van der Waals surface area contributed by atoms with Crippen LogP contribution in [0, 0.1) is 0 Å². The zero-order valence-corrected chi connectivity index (χ0v) is 30.2. The number of hydrogen-bond acceptors (Lipinski definition) is 11. The lowest BCUT2D eigenvalue weighted by atomic mass is 9.94. The molecule has 0 saturated carbocycles. The molecule has 0 amide bonds. The van der Waals surface area contributed by atoms with Crippen LogP contribution in [0.15, 0.2) is 73.2 Å². The molecule has 0 N–H and O–H groups in total. The van der Waals surface area contributed by atoms with Crippen molar-refractivity contribution in [2.24, 2.45) is 0 Å². The van der Waals surface area contributed by atoms with Gasteiger partial charge in [0.05, 0.1) is 0 Å². The van der Waals surface area contributed by atoms with Crippen molar-refractivity contribution in [1.29, 1.82) is 0 Å². The smallest absolute Gasteiger partial charge is 0.417 e. The predicted molar refractivity (Wildman–Crippen MR) is 178 cm³/mol. The van der Waals surface area contributed by atoms with E-state index < -0.39 is 52.4 Å². The van der Waals surface area contributed by atoms with Gasteiger partial charge in [0.1, 0.15) is 11.2 Å². The predicted octanol–water partition coefficient (Wildman–Crippen LogP) is 8.74. The van der Waals surface area contributed by atoms with E-state index in [0.29, 0.717) is 11.8 Å². The second-order valence-electron chi connectivity index (χ2n) is 13.8. The normalized spacial score (nSPS) is 12.3. The van der Waals surface area contributed by atoms with Gasteiger partial charge in [0, 0.05) is 27.7 Å². The van der Waals surface area contributed by atoms with Crippen molar-refractivity contribution >= 4 is 18.1 Å². The molecule has 11 heteroatoms. The lowest BCUT2D eigenvalue weighted by Gasteiger charge is -2.29. The summed E-state index contributed by atoms with van der Waals surface area (Å²) < 4.78 is 20.7. The van der Waals surface area contributed by atoms with Crippen LogP contribution in [0.3, 0.4) is 0 Å². The molecule has 0 atom stereocenters. The molecule has 11 nitrogen and oxygen atoms in total. The molecule has 48 heavy (non-hydrogen) atoms. The molecule has 264 valence electrons. The van der Waals surface area contributed by atoms with Gasteiger partial charge in [0.2, 0.25) is 11.5 Å². The van der Waals surface area contributed by atoms with Crippen LogP contribution in [-0.2, 0) is 59.3 Å². The largest absolute Gasteiger partial charge is 0.514 e. The molecule has 0 radical (unpaired) electrons. The first kappa shape index (κ1) is 39.8. The standard InChI is InChI=1S/C37H50O11/c1-23(2)27-15-19-29(20-16-27)34(7,8)47-45-25(5)31(38)41-36(11,12)43-33(40)44-37(13,14)42-32(39)26(6)46-48-35(9,10)30-21-17-28(18-22-30)24(3)4/h15-24H,5-6H2,1-4,7-14H3. The number of carbonyl (C=O) groups is 3. The first-order chi connectivity index (χ1) is 21.9. The molecule has 2 aromatic carbocycles. The quantitative estimate of drug-likeness (QED) is 0.0425. The van der Waals surface area contributed by atoms with Gasteiger partial charge in [0.15, 0.2) is 0 Å². The second-order valence-corrected chi connectivity index (χ2v) is 13.8. The third kappa shape index (κ3) is 12.0. The van der Waals surface area contributed by atoms with Crippen LogP contribution in [0.25, 0.3) is 0 Å². The lowest BCUT2D eigenvalue weighted by Crippen LogP contribution is -2.40. The van der Waals surface area contributed by atoms with E-state index in [9.17, 15) is 14.4 Å². The Morgan fingerprint density at radius 2 is 0.812 bits per heavy atom. The lowest BCUT2D eigenvalue weighted by molar-refractivity contribution is -0.333. The van der Waals surface area contributed by atoms with Gasteiger partial charge in [-0.3, -0.25) is 0 Å². The van der Waals surface area contributed by atoms with Crippen LogP contribution in [-0.4, -0.2) is 29.7 Å². The number of benzene rings is 2. The molecule has 0 heterocycles. The Labute approximate surface area is 283 Å². The SMILES string of the molecule is C=C(OOC(C)(C)c1ccc(C(C)C)cc1)C(=O)OC(C)(C)OC(=O)OC(C)(C)OC(=O)C(=C)OOC(C)(C)c1ccc(C(C)C)cc1. The number of hydrogen-bond donors (Lipinski definition) is 0. The molecule has 2 aromatic rings. The minimum Gasteiger partial charge on any atom is -0.417 e. The molecule has 0 fully saturated rings. The number of esters is 2. The third-order valence-electron chi connectivity index (χ3n) is 7.04. The summed E-state index contributed by atoms with van der Waals surface area (Å²) in [6.07, 6.45) is -1.31. The summed E-state index contributed by atoms with van der Waals surface area (Å²) in [6.45, 7) is 27.6. The Morgan fingerprint density at radius 1 is 0.521 bits per heavy atom. The molecule has 2 rings (SSSR count). The van der Waals surface area contributed by atoms with Crippen LogP contribution in [0.1, 0.15) is 117 Å². The van der Waals surface area contributed by atoms with Crippen molar-refractivity contribution in [1.82, 2.24) is 0 Å². The van der Waals surface area contributed by atoms with E-state index in [1.54, 1.807) is 27.7 Å². The second kappa shape index (κ2) is 15.7. The van der Waals surface area contributed by atoms with Crippen LogP contribution in [0.4, 0.5) is 4.79 Å². The highest BCUT2D eigenvalue weighted by Gasteiger charge is 2.36. The first-order valence-electron chi connectivity index (χ1n) is 15.6. The maximum Gasteiger partial charge on any atom is 0.514 e. The van der Waals surface area contributed by atoms with Crippen molar-refractivity contribution in [3.8, 4) is 0 Å². The fourth-order valence-electron chi connectivity index (χ4n) is 4.04. The molecular weight excluding hydrogens is 620 g/mol. The van der Waals surface area contributed by atoms with E-state index in [1.807, 2.05) is 48.5 Å². The summed E-state index contributed by atoms with van der Waals surface area (Å²) in [5, 5.41) is 0. The fraction of sp³-hybridized carbons (Fsp3) is 0.486. The maximum absolute atomic E-state index is 12.6. The molecule has 0 aliphatic rings. The van der Waals surface area contributed by atoms with Gasteiger partial charge in [-0.2, -0.15) is 9.78 Å². The van der Waals surface area contributed by atoms with Gasteiger partial charge < -0.3 is 28.7 Å². The van der Waals surface area contributed by atoms with Crippen molar-refractivity contribution in [2.45, 2.75) is 118 Å².